The summed E-state index contributed by atoms with van der Waals surface area (Å²) in [7, 11) is -9.68. The van der Waals surface area contributed by atoms with Crippen molar-refractivity contribution in [3.8, 4) is 0 Å². The molecule has 232 valence electrons. The Morgan fingerprint density at radius 2 is 1.13 bits per heavy atom. The smallest absolute Gasteiger partial charge is 0.289 e. The zero-order valence-corrected chi connectivity index (χ0v) is 27.4. The second-order valence-electron chi connectivity index (χ2n) is 9.31. The van der Waals surface area contributed by atoms with E-state index in [2.05, 4.69) is 0 Å². The molecule has 0 spiro atoms. The van der Waals surface area contributed by atoms with Crippen LogP contribution in [0.4, 0.5) is 13.2 Å². The molecule has 0 aliphatic carbocycles. The number of carbonyl (C=O) groups excluding carboxylic acids is 1. The van der Waals surface area contributed by atoms with Crippen LogP contribution in [0.5, 0.6) is 0 Å². The zero-order valence-electron chi connectivity index (χ0n) is 22.7. The number of ketones is 1. The second kappa shape index (κ2) is 13.4. The van der Waals surface area contributed by atoms with Crippen molar-refractivity contribution in [2.75, 3.05) is 0 Å². The molecule has 0 radical (unpaired) electrons. The summed E-state index contributed by atoms with van der Waals surface area (Å²) in [6, 6.07) is 31.3. The van der Waals surface area contributed by atoms with Crippen LogP contribution in [0.3, 0.4) is 0 Å². The lowest BCUT2D eigenvalue weighted by Crippen LogP contribution is -2.27. The molecule has 0 saturated heterocycles. The summed E-state index contributed by atoms with van der Waals surface area (Å²) in [5.74, 6) is -0.278. The molecule has 0 atom stereocenters. The molecule has 5 aromatic carbocycles. The quantitative estimate of drug-likeness (QED) is 0.112. The number of rotatable bonds is 9. The highest BCUT2D eigenvalue weighted by Crippen LogP contribution is 2.71. The van der Waals surface area contributed by atoms with E-state index in [4.69, 9.17) is 38.4 Å². The van der Waals surface area contributed by atoms with Gasteiger partial charge < -0.3 is 0 Å². The van der Waals surface area contributed by atoms with Gasteiger partial charge in [0.25, 0.3) is 0 Å². The lowest BCUT2D eigenvalue weighted by molar-refractivity contribution is -0.0496. The molecule has 13 heteroatoms. The number of hydrogen-bond donors (Lipinski definition) is 0. The maximum atomic E-state index is 13.8. The molecule has 45 heavy (non-hydrogen) atoms. The summed E-state index contributed by atoms with van der Waals surface area (Å²) < 4.78 is 72.0. The van der Waals surface area contributed by atoms with Gasteiger partial charge in [-0.1, -0.05) is 83.0 Å². The molecule has 0 unspecified atom stereocenters. The molecule has 0 saturated carbocycles. The maximum Gasteiger partial charge on any atom is 0.524 e. The minimum Gasteiger partial charge on any atom is -0.289 e. The minimum atomic E-state index is -6.11. The van der Waals surface area contributed by atoms with Gasteiger partial charge in [0.2, 0.25) is 0 Å². The Morgan fingerprint density at radius 3 is 1.62 bits per heavy atom. The van der Waals surface area contributed by atoms with Crippen LogP contribution in [0.1, 0.15) is 15.9 Å². The third kappa shape index (κ3) is 7.07. The summed E-state index contributed by atoms with van der Waals surface area (Å²) in [5, 5.41) is 0.831. The largest absolute Gasteiger partial charge is 0.524 e. The third-order valence-corrected chi connectivity index (χ3v) is 13.2. The summed E-state index contributed by atoms with van der Waals surface area (Å²) in [6.07, 6.45) is 0. The topological polar surface area (TPSA) is 60.4 Å². The van der Waals surface area contributed by atoms with E-state index < -0.39 is 25.9 Å². The first-order valence-corrected chi connectivity index (χ1v) is 17.8. The predicted molar refractivity (Wildman–Crippen MR) is 173 cm³/mol. The molecule has 5 rings (SSSR count). The Kier molecular flexibility index (Phi) is 9.96. The number of hydrogen-bond acceptors (Lipinski definition) is 5. The molecule has 5 aromatic rings. The van der Waals surface area contributed by atoms with E-state index in [1.165, 1.54) is 72.4 Å². The number of carbonyl (C=O) groups is 1. The van der Waals surface area contributed by atoms with Crippen LogP contribution in [-0.4, -0.2) is 19.7 Å². The normalized spacial score (nSPS) is 12.6. The second-order valence-corrected chi connectivity index (χ2v) is 16.2. The maximum absolute atomic E-state index is 13.8. The number of halogens is 6. The van der Waals surface area contributed by atoms with Crippen molar-refractivity contribution in [2.24, 2.45) is 0 Å². The fraction of sp³-hybridized carbons (Fsp3) is 0.0312. The lowest BCUT2D eigenvalue weighted by Gasteiger charge is -2.39. The first-order chi connectivity index (χ1) is 21.3. The number of alkyl halides is 3. The van der Waals surface area contributed by atoms with Gasteiger partial charge in [-0.2, -0.15) is 25.2 Å². The van der Waals surface area contributed by atoms with Crippen LogP contribution in [0.25, 0.3) is 0 Å². The van der Waals surface area contributed by atoms with Crippen molar-refractivity contribution in [3.05, 3.63) is 148 Å². The molecule has 0 bridgehead atoms. The summed E-state index contributed by atoms with van der Waals surface area (Å²) in [5.41, 5.74) is -4.96. The molecule has 0 aliphatic rings. The van der Waals surface area contributed by atoms with E-state index >= 15 is 0 Å². The summed E-state index contributed by atoms with van der Waals surface area (Å²) in [4.78, 5) is 15.0. The van der Waals surface area contributed by atoms with E-state index in [0.29, 0.717) is 20.9 Å². The molecule has 0 aromatic heterocycles. The molecule has 0 aliphatic heterocycles. The molecule has 0 fully saturated rings. The van der Waals surface area contributed by atoms with Crippen LogP contribution in [0, 0.1) is 0 Å². The van der Waals surface area contributed by atoms with Crippen LogP contribution in [-0.2, 0) is 13.7 Å². The first-order valence-electron chi connectivity index (χ1n) is 12.8. The monoisotopic (exact) mass is 726 g/mol. The molecular formula is C32H20Cl3F3O4S3. The van der Waals surface area contributed by atoms with E-state index in [9.17, 15) is 26.4 Å². The van der Waals surface area contributed by atoms with Gasteiger partial charge in [-0.25, -0.2) is 0 Å². The average molecular weight is 728 g/mol. The van der Waals surface area contributed by atoms with Gasteiger partial charge in [-0.3, -0.25) is 4.79 Å². The Morgan fingerprint density at radius 1 is 0.644 bits per heavy atom. The molecular weight excluding hydrogens is 708 g/mol. The van der Waals surface area contributed by atoms with E-state index in [1.807, 2.05) is 0 Å². The Labute approximate surface area is 278 Å². The van der Waals surface area contributed by atoms with Crippen LogP contribution in [0.15, 0.2) is 146 Å². The van der Waals surface area contributed by atoms with Gasteiger partial charge in [0.1, 0.15) is 0 Å². The van der Waals surface area contributed by atoms with Crippen molar-refractivity contribution in [1.29, 1.82) is 0 Å². The van der Waals surface area contributed by atoms with Crippen LogP contribution < -0.4 is 0 Å². The zero-order chi connectivity index (χ0) is 32.4. The summed E-state index contributed by atoms with van der Waals surface area (Å²) >= 11 is 19.8. The highest BCUT2D eigenvalue weighted by Gasteiger charge is 2.52. The van der Waals surface area contributed by atoms with Crippen molar-refractivity contribution >= 4 is 72.8 Å². The van der Waals surface area contributed by atoms with Crippen molar-refractivity contribution in [2.45, 2.75) is 30.0 Å². The van der Waals surface area contributed by atoms with Crippen LogP contribution >= 0.6 is 56.9 Å². The van der Waals surface area contributed by atoms with Gasteiger partial charge in [0.05, 0.1) is 10.6 Å². The SMILES string of the molecule is O=C(c1ccccc1)c1c(Cl)cccc1Sc1ccc(S(OS(=O)(=O)C(F)(F)F)(c2ccc(Cl)cc2)c2ccc(Cl)cc2)cc1. The first kappa shape index (κ1) is 33.4. The minimum absolute atomic E-state index is 0.146. The lowest BCUT2D eigenvalue weighted by atomic mass is 10.0. The molecule has 0 heterocycles. The highest BCUT2D eigenvalue weighted by atomic mass is 35.5. The van der Waals surface area contributed by atoms with Gasteiger partial charge in [0.15, 0.2) is 5.78 Å². The number of benzene rings is 5. The fourth-order valence-corrected chi connectivity index (χ4v) is 10.6. The average Bonchev–Trinajstić information content (AvgIpc) is 3.01. The van der Waals surface area contributed by atoms with Gasteiger partial charge in [-0.15, -0.1) is 0 Å². The van der Waals surface area contributed by atoms with Crippen molar-refractivity contribution in [3.63, 3.8) is 0 Å². The van der Waals surface area contributed by atoms with Gasteiger partial charge in [0, 0.05) is 40.1 Å². The third-order valence-electron chi connectivity index (χ3n) is 6.39. The Balaban J connectivity index is 1.64. The molecule has 0 N–H and O–H groups in total. The molecule has 4 nitrogen and oxygen atoms in total. The van der Waals surface area contributed by atoms with Crippen LogP contribution in [0.2, 0.25) is 15.1 Å². The van der Waals surface area contributed by atoms with Crippen molar-refractivity contribution in [1.82, 2.24) is 0 Å². The van der Waals surface area contributed by atoms with E-state index in [0.717, 1.165) is 0 Å². The Bertz CT molecular complexity index is 1890. The van der Waals surface area contributed by atoms with Crippen molar-refractivity contribution < 1.29 is 30.0 Å². The fourth-order valence-electron chi connectivity index (χ4n) is 4.32. The van der Waals surface area contributed by atoms with E-state index in [1.54, 1.807) is 60.7 Å². The standard InChI is InChI=1S/C32H20Cl3F3O4S3/c33-22-9-15-25(16-10-22)44(26-17-11-23(34)12-18-26,42-45(40,41)32(36,37)38)27-19-13-24(14-20-27)43-29-8-4-7-28(35)30(29)31(39)21-5-2-1-3-6-21/h1-20H. The summed E-state index contributed by atoms with van der Waals surface area (Å²) in [6.45, 7) is 0. The molecule has 0 amide bonds. The Hall–Kier alpha value is -2.96. The predicted octanol–water partition coefficient (Wildman–Crippen LogP) is 11.1. The van der Waals surface area contributed by atoms with E-state index in [-0.39, 0.29) is 35.5 Å². The van der Waals surface area contributed by atoms with Gasteiger partial charge >= 0.3 is 15.6 Å². The highest BCUT2D eigenvalue weighted by molar-refractivity contribution is 8.33. The van der Waals surface area contributed by atoms with Gasteiger partial charge in [-0.05, 0) is 95.2 Å².